The van der Waals surface area contributed by atoms with Gasteiger partial charge in [-0.2, -0.15) is 0 Å². The minimum Gasteiger partial charge on any atom is -0.497 e. The summed E-state index contributed by atoms with van der Waals surface area (Å²) in [6.45, 7) is 0.104. The number of carbonyl (C=O) groups excluding carboxylic acids is 1. The fraction of sp³-hybridized carbons (Fsp3) is 0.176. The summed E-state index contributed by atoms with van der Waals surface area (Å²) in [6.07, 6.45) is 0. The van der Waals surface area contributed by atoms with Crippen LogP contribution in [0, 0.1) is 0 Å². The largest absolute Gasteiger partial charge is 0.497 e. The zero-order chi connectivity index (χ0) is 17.6. The summed E-state index contributed by atoms with van der Waals surface area (Å²) in [5.74, 6) is 1.62. The number of anilines is 1. The smallest absolute Gasteiger partial charge is 0.234 e. The Balaban J connectivity index is 1.78. The molecule has 4 rings (SSSR count). The van der Waals surface area contributed by atoms with Crippen LogP contribution < -0.4 is 20.1 Å². The highest BCUT2D eigenvalue weighted by molar-refractivity contribution is 7.09. The molecule has 3 aromatic rings. The van der Waals surface area contributed by atoms with Gasteiger partial charge in [-0.15, -0.1) is 11.3 Å². The van der Waals surface area contributed by atoms with Crippen LogP contribution in [0.25, 0.3) is 16.7 Å². The predicted octanol–water partition coefficient (Wildman–Crippen LogP) is 2.62. The average Bonchev–Trinajstić information content (AvgIpc) is 3.27. The standard InChI is InChI=1S/C17H15N3O4S/c1-22-10-3-9(4-11(5-10)23-2)20-6-13(21)15(16(20)18)17-19-12-7-25-8-14(12)24-17/h3-5,7-8H,6,18H2,1-2H3. The van der Waals surface area contributed by atoms with Crippen molar-refractivity contribution in [2.75, 3.05) is 25.7 Å². The van der Waals surface area contributed by atoms with Crippen molar-refractivity contribution in [2.24, 2.45) is 5.73 Å². The Kier molecular flexibility index (Phi) is 3.61. The topological polar surface area (TPSA) is 90.8 Å². The first-order chi connectivity index (χ1) is 12.1. The normalized spacial score (nSPS) is 14.6. The third-order valence-corrected chi connectivity index (χ3v) is 4.73. The number of fused-ring (bicyclic) bond motifs is 1. The Hall–Kier alpha value is -3.00. The van der Waals surface area contributed by atoms with Gasteiger partial charge in [0.15, 0.2) is 11.4 Å². The molecule has 0 spiro atoms. The van der Waals surface area contributed by atoms with Crippen LogP contribution in [0.15, 0.2) is 39.2 Å². The lowest BCUT2D eigenvalue weighted by Crippen LogP contribution is -2.25. The second-order valence-electron chi connectivity index (χ2n) is 5.48. The van der Waals surface area contributed by atoms with Crippen LogP contribution in [0.2, 0.25) is 0 Å². The van der Waals surface area contributed by atoms with Gasteiger partial charge in [0.05, 0.1) is 26.5 Å². The molecule has 1 aliphatic rings. The number of nitrogens with zero attached hydrogens (tertiary/aromatic N) is 2. The van der Waals surface area contributed by atoms with Gasteiger partial charge in [-0.25, -0.2) is 4.98 Å². The summed E-state index contributed by atoms with van der Waals surface area (Å²) in [5.41, 5.74) is 8.62. The maximum atomic E-state index is 12.5. The van der Waals surface area contributed by atoms with Crippen LogP contribution in [0.3, 0.4) is 0 Å². The van der Waals surface area contributed by atoms with Crippen LogP contribution >= 0.6 is 11.3 Å². The lowest BCUT2D eigenvalue weighted by Gasteiger charge is -2.20. The molecule has 0 saturated heterocycles. The zero-order valence-electron chi connectivity index (χ0n) is 13.6. The minimum atomic E-state index is -0.146. The van der Waals surface area contributed by atoms with Gasteiger partial charge in [0.25, 0.3) is 0 Å². The third-order valence-electron chi connectivity index (χ3n) is 4.03. The fourth-order valence-electron chi connectivity index (χ4n) is 2.77. The first-order valence-electron chi connectivity index (χ1n) is 7.47. The number of thiophene rings is 1. The molecule has 0 atom stereocenters. The zero-order valence-corrected chi connectivity index (χ0v) is 14.4. The number of ether oxygens (including phenoxy) is 2. The lowest BCUT2D eigenvalue weighted by molar-refractivity contribution is -0.112. The molecule has 1 aliphatic heterocycles. The molecule has 0 aliphatic carbocycles. The third kappa shape index (κ3) is 2.51. The van der Waals surface area contributed by atoms with E-state index in [4.69, 9.17) is 19.6 Å². The van der Waals surface area contributed by atoms with E-state index >= 15 is 0 Å². The number of Topliss-reactive ketones (excluding diaryl/α,β-unsaturated/α-hetero) is 1. The van der Waals surface area contributed by atoms with Gasteiger partial charge in [-0.1, -0.05) is 0 Å². The van der Waals surface area contributed by atoms with E-state index in [0.717, 1.165) is 5.52 Å². The molecule has 25 heavy (non-hydrogen) atoms. The lowest BCUT2D eigenvalue weighted by atomic mass is 10.2. The van der Waals surface area contributed by atoms with E-state index in [0.29, 0.717) is 34.2 Å². The Labute approximate surface area is 147 Å². The molecule has 2 aromatic heterocycles. The predicted molar refractivity (Wildman–Crippen MR) is 94.9 cm³/mol. The summed E-state index contributed by atoms with van der Waals surface area (Å²) >= 11 is 1.49. The molecule has 8 heteroatoms. The number of methoxy groups -OCH3 is 2. The van der Waals surface area contributed by atoms with Crippen LogP contribution in [-0.2, 0) is 4.79 Å². The van der Waals surface area contributed by atoms with Gasteiger partial charge in [0.2, 0.25) is 5.89 Å². The van der Waals surface area contributed by atoms with Crippen molar-refractivity contribution in [1.29, 1.82) is 0 Å². The Morgan fingerprint density at radius 3 is 2.56 bits per heavy atom. The minimum absolute atomic E-state index is 0.104. The molecule has 0 radical (unpaired) electrons. The number of oxazole rings is 1. The van der Waals surface area contributed by atoms with Gasteiger partial charge in [0, 0.05) is 29.0 Å². The first-order valence-corrected chi connectivity index (χ1v) is 8.41. The second-order valence-corrected chi connectivity index (χ2v) is 6.22. The van der Waals surface area contributed by atoms with E-state index in [1.807, 2.05) is 10.8 Å². The van der Waals surface area contributed by atoms with Crippen molar-refractivity contribution in [2.45, 2.75) is 0 Å². The molecule has 0 unspecified atom stereocenters. The number of hydrogen-bond acceptors (Lipinski definition) is 8. The second kappa shape index (κ2) is 5.82. The monoisotopic (exact) mass is 357 g/mol. The van der Waals surface area contributed by atoms with Crippen molar-refractivity contribution >= 4 is 39.5 Å². The molecular weight excluding hydrogens is 342 g/mol. The van der Waals surface area contributed by atoms with E-state index < -0.39 is 0 Å². The van der Waals surface area contributed by atoms with Gasteiger partial charge >= 0.3 is 0 Å². The Morgan fingerprint density at radius 1 is 1.20 bits per heavy atom. The van der Waals surface area contributed by atoms with Gasteiger partial charge < -0.3 is 24.5 Å². The summed E-state index contributed by atoms with van der Waals surface area (Å²) in [5, 5.41) is 3.70. The summed E-state index contributed by atoms with van der Waals surface area (Å²) in [7, 11) is 3.13. The van der Waals surface area contributed by atoms with E-state index in [1.54, 1.807) is 37.3 Å². The van der Waals surface area contributed by atoms with Crippen LogP contribution in [-0.4, -0.2) is 31.5 Å². The van der Waals surface area contributed by atoms with E-state index in [-0.39, 0.29) is 18.2 Å². The molecule has 1 aromatic carbocycles. The summed E-state index contributed by atoms with van der Waals surface area (Å²) in [6, 6.07) is 5.34. The quantitative estimate of drug-likeness (QED) is 0.767. The van der Waals surface area contributed by atoms with Crippen molar-refractivity contribution in [1.82, 2.24) is 4.98 Å². The van der Waals surface area contributed by atoms with Gasteiger partial charge in [0.1, 0.15) is 28.4 Å². The van der Waals surface area contributed by atoms with Gasteiger partial charge in [-0.3, -0.25) is 4.79 Å². The molecule has 2 N–H and O–H groups in total. The maximum Gasteiger partial charge on any atom is 0.234 e. The molecule has 0 amide bonds. The number of aromatic nitrogens is 1. The average molecular weight is 357 g/mol. The van der Waals surface area contributed by atoms with Crippen LogP contribution in [0.4, 0.5) is 5.69 Å². The summed E-state index contributed by atoms with van der Waals surface area (Å²) in [4.78, 5) is 18.6. The molecule has 128 valence electrons. The highest BCUT2D eigenvalue weighted by atomic mass is 32.1. The Bertz CT molecular complexity index is 954. The molecule has 3 heterocycles. The molecule has 0 saturated carbocycles. The first kappa shape index (κ1) is 15.5. The van der Waals surface area contributed by atoms with Crippen molar-refractivity contribution in [3.05, 3.63) is 40.7 Å². The number of carbonyl (C=O) groups is 1. The van der Waals surface area contributed by atoms with E-state index in [9.17, 15) is 4.79 Å². The summed E-state index contributed by atoms with van der Waals surface area (Å²) < 4.78 is 16.2. The van der Waals surface area contributed by atoms with Crippen LogP contribution in [0.5, 0.6) is 11.5 Å². The molecule has 7 nitrogen and oxygen atoms in total. The van der Waals surface area contributed by atoms with Gasteiger partial charge in [-0.05, 0) is 0 Å². The van der Waals surface area contributed by atoms with Crippen molar-refractivity contribution in [3.63, 3.8) is 0 Å². The number of ketones is 1. The van der Waals surface area contributed by atoms with Crippen molar-refractivity contribution < 1.29 is 18.7 Å². The molecule has 0 bridgehead atoms. The SMILES string of the molecule is COc1cc(OC)cc(N2CC(=O)C(c3nc4cscc4o3)=C2N)c1. The highest BCUT2D eigenvalue weighted by Gasteiger charge is 2.33. The number of rotatable bonds is 4. The van der Waals surface area contributed by atoms with Crippen LogP contribution in [0.1, 0.15) is 5.89 Å². The molecular formula is C17H15N3O4S. The number of nitrogens with two attached hydrogens (primary N) is 1. The Morgan fingerprint density at radius 2 is 1.92 bits per heavy atom. The van der Waals surface area contributed by atoms with E-state index in [2.05, 4.69) is 4.98 Å². The fourth-order valence-corrected chi connectivity index (χ4v) is 3.43. The van der Waals surface area contributed by atoms with Crippen molar-refractivity contribution in [3.8, 4) is 11.5 Å². The number of hydrogen-bond donors (Lipinski definition) is 1. The van der Waals surface area contributed by atoms with E-state index in [1.165, 1.54) is 11.3 Å². The number of benzene rings is 1. The molecule has 0 fully saturated rings. The maximum absolute atomic E-state index is 12.5. The highest BCUT2D eigenvalue weighted by Crippen LogP contribution is 2.35.